The second-order valence-corrected chi connectivity index (χ2v) is 5.81. The Morgan fingerprint density at radius 1 is 1.53 bits per heavy atom. The summed E-state index contributed by atoms with van der Waals surface area (Å²) in [5, 5.41) is 0.983. The summed E-state index contributed by atoms with van der Waals surface area (Å²) < 4.78 is 31.9. The molecule has 0 radical (unpaired) electrons. The van der Waals surface area contributed by atoms with Gasteiger partial charge in [0, 0.05) is 18.3 Å². The van der Waals surface area contributed by atoms with E-state index >= 15 is 0 Å². The smallest absolute Gasteiger partial charge is 0.286 e. The van der Waals surface area contributed by atoms with E-state index in [-0.39, 0.29) is 11.3 Å². The minimum Gasteiger partial charge on any atom is -0.286 e. The molecule has 0 spiro atoms. The topological polar surface area (TPSA) is 78.8 Å². The van der Waals surface area contributed by atoms with Gasteiger partial charge in [-0.3, -0.25) is 9.55 Å². The standard InChI is InChI=1S/C8H18N2O3S2/c1-5-8(9-4)14-7(3)6(2)10-15(11,12)13/h6-7,10H,5H2,1-4H3,(H,11,12,13)/t6?,7-/m1/s1. The van der Waals surface area contributed by atoms with E-state index in [4.69, 9.17) is 4.55 Å². The molecule has 0 rings (SSSR count). The maximum absolute atomic E-state index is 10.6. The van der Waals surface area contributed by atoms with Crippen LogP contribution in [0.1, 0.15) is 27.2 Å². The van der Waals surface area contributed by atoms with E-state index in [1.54, 1.807) is 14.0 Å². The van der Waals surface area contributed by atoms with Crippen molar-refractivity contribution in [1.82, 2.24) is 4.72 Å². The molecule has 0 aromatic carbocycles. The van der Waals surface area contributed by atoms with Crippen molar-refractivity contribution in [2.24, 2.45) is 4.99 Å². The molecule has 2 N–H and O–H groups in total. The average Bonchev–Trinajstić information content (AvgIpc) is 2.10. The summed E-state index contributed by atoms with van der Waals surface area (Å²) in [4.78, 5) is 4.07. The largest absolute Gasteiger partial charge is 0.333 e. The molecule has 5 nitrogen and oxygen atoms in total. The fraction of sp³-hybridized carbons (Fsp3) is 0.875. The third-order valence-electron chi connectivity index (χ3n) is 1.91. The van der Waals surface area contributed by atoms with Crippen molar-refractivity contribution in [2.75, 3.05) is 7.05 Å². The van der Waals surface area contributed by atoms with Gasteiger partial charge in [0.1, 0.15) is 0 Å². The van der Waals surface area contributed by atoms with Gasteiger partial charge < -0.3 is 0 Å². The van der Waals surface area contributed by atoms with E-state index < -0.39 is 10.3 Å². The first-order valence-electron chi connectivity index (χ1n) is 4.67. The fourth-order valence-electron chi connectivity index (χ4n) is 0.942. The van der Waals surface area contributed by atoms with Crippen molar-refractivity contribution in [3.05, 3.63) is 0 Å². The third kappa shape index (κ3) is 6.88. The summed E-state index contributed by atoms with van der Waals surface area (Å²) in [6.45, 7) is 5.58. The van der Waals surface area contributed by atoms with Crippen LogP contribution in [0.5, 0.6) is 0 Å². The predicted molar refractivity (Wildman–Crippen MR) is 64.8 cm³/mol. The van der Waals surface area contributed by atoms with Crippen molar-refractivity contribution in [3.63, 3.8) is 0 Å². The molecule has 0 amide bonds. The molecule has 90 valence electrons. The molecule has 15 heavy (non-hydrogen) atoms. The second kappa shape index (κ2) is 6.47. The fourth-order valence-corrected chi connectivity index (χ4v) is 2.68. The molecule has 7 heteroatoms. The van der Waals surface area contributed by atoms with Crippen molar-refractivity contribution in [3.8, 4) is 0 Å². The lowest BCUT2D eigenvalue weighted by Crippen LogP contribution is -2.38. The van der Waals surface area contributed by atoms with Crippen molar-refractivity contribution >= 4 is 27.1 Å². The van der Waals surface area contributed by atoms with Gasteiger partial charge in [-0.1, -0.05) is 13.8 Å². The van der Waals surface area contributed by atoms with Crippen LogP contribution in [-0.4, -0.2) is 36.4 Å². The molecule has 0 aliphatic heterocycles. The maximum Gasteiger partial charge on any atom is 0.333 e. The van der Waals surface area contributed by atoms with Crippen LogP contribution in [0.2, 0.25) is 0 Å². The van der Waals surface area contributed by atoms with E-state index in [1.165, 1.54) is 11.8 Å². The van der Waals surface area contributed by atoms with E-state index in [2.05, 4.69) is 9.71 Å². The number of hydrogen-bond donors (Lipinski definition) is 2. The number of rotatable bonds is 5. The highest BCUT2D eigenvalue weighted by molar-refractivity contribution is 8.14. The second-order valence-electron chi connectivity index (χ2n) is 3.18. The molecule has 0 bridgehead atoms. The number of aliphatic imine (C=N–C) groups is 1. The molecule has 0 aromatic heterocycles. The van der Waals surface area contributed by atoms with Crippen LogP contribution in [0.4, 0.5) is 0 Å². The van der Waals surface area contributed by atoms with Crippen LogP contribution in [0.15, 0.2) is 4.99 Å². The van der Waals surface area contributed by atoms with Crippen LogP contribution in [0.3, 0.4) is 0 Å². The summed E-state index contributed by atoms with van der Waals surface area (Å²) in [5.41, 5.74) is 0. The third-order valence-corrected chi connectivity index (χ3v) is 4.11. The van der Waals surface area contributed by atoms with Gasteiger partial charge in [0.2, 0.25) is 0 Å². The van der Waals surface area contributed by atoms with Crippen LogP contribution < -0.4 is 4.72 Å². The summed E-state index contributed by atoms with van der Waals surface area (Å²) in [5.74, 6) is 0. The van der Waals surface area contributed by atoms with E-state index in [1.807, 2.05) is 13.8 Å². The van der Waals surface area contributed by atoms with Gasteiger partial charge in [0.15, 0.2) is 0 Å². The lowest BCUT2D eigenvalue weighted by molar-refractivity contribution is 0.455. The molecule has 2 atom stereocenters. The van der Waals surface area contributed by atoms with Crippen molar-refractivity contribution in [1.29, 1.82) is 0 Å². The van der Waals surface area contributed by atoms with Gasteiger partial charge in [-0.15, -0.1) is 11.8 Å². The molecule has 1 unspecified atom stereocenters. The number of nitrogens with zero attached hydrogens (tertiary/aromatic N) is 1. The van der Waals surface area contributed by atoms with Gasteiger partial charge in [-0.2, -0.15) is 13.1 Å². The zero-order chi connectivity index (χ0) is 12.1. The Balaban J connectivity index is 4.27. The number of hydrogen-bond acceptors (Lipinski definition) is 4. The summed E-state index contributed by atoms with van der Waals surface area (Å²) in [7, 11) is -2.41. The van der Waals surface area contributed by atoms with E-state index in [0.29, 0.717) is 0 Å². The summed E-state index contributed by atoms with van der Waals surface area (Å²) in [6, 6.07) is -0.340. The first-order valence-corrected chi connectivity index (χ1v) is 6.99. The average molecular weight is 254 g/mol. The number of nitrogens with one attached hydrogen (secondary N) is 1. The molecule has 0 heterocycles. The van der Waals surface area contributed by atoms with Gasteiger partial charge >= 0.3 is 10.3 Å². The molecule has 0 saturated heterocycles. The van der Waals surface area contributed by atoms with Gasteiger partial charge in [0.05, 0.1) is 5.04 Å². The molecule has 0 saturated carbocycles. The quantitative estimate of drug-likeness (QED) is 0.441. The Morgan fingerprint density at radius 3 is 2.40 bits per heavy atom. The predicted octanol–water partition coefficient (Wildman–Crippen LogP) is 1.33. The first kappa shape index (κ1) is 14.9. The zero-order valence-electron chi connectivity index (χ0n) is 9.39. The van der Waals surface area contributed by atoms with Crippen LogP contribution >= 0.6 is 11.8 Å². The minimum atomic E-state index is -4.12. The molecule has 0 aromatic rings. The van der Waals surface area contributed by atoms with E-state index in [0.717, 1.165) is 11.5 Å². The Hall–Kier alpha value is -0.110. The maximum atomic E-state index is 10.6. The lowest BCUT2D eigenvalue weighted by atomic mass is 10.3. The first-order chi connectivity index (χ1) is 6.80. The monoisotopic (exact) mass is 254 g/mol. The highest BCUT2D eigenvalue weighted by atomic mass is 32.2. The lowest BCUT2D eigenvalue weighted by Gasteiger charge is -2.19. The van der Waals surface area contributed by atoms with Crippen molar-refractivity contribution in [2.45, 2.75) is 38.5 Å². The SMILES string of the molecule is CCC(=NC)S[C@H](C)C(C)NS(=O)(=O)O. The van der Waals surface area contributed by atoms with Crippen LogP contribution in [-0.2, 0) is 10.3 Å². The van der Waals surface area contributed by atoms with Gasteiger partial charge in [0.25, 0.3) is 0 Å². The van der Waals surface area contributed by atoms with Gasteiger partial charge in [-0.05, 0) is 13.3 Å². The Bertz CT molecular complexity index is 314. The summed E-state index contributed by atoms with van der Waals surface area (Å²) >= 11 is 1.51. The Labute approximate surface area is 95.6 Å². The summed E-state index contributed by atoms with van der Waals surface area (Å²) in [6.07, 6.45) is 0.824. The zero-order valence-corrected chi connectivity index (χ0v) is 11.0. The highest BCUT2D eigenvalue weighted by Gasteiger charge is 2.18. The molecule has 0 fully saturated rings. The molecular weight excluding hydrogens is 236 g/mol. The Kier molecular flexibility index (Phi) is 6.42. The van der Waals surface area contributed by atoms with Gasteiger partial charge in [-0.25, -0.2) is 0 Å². The molecule has 0 aliphatic rings. The van der Waals surface area contributed by atoms with Crippen LogP contribution in [0.25, 0.3) is 0 Å². The number of thioether (sulfide) groups is 1. The van der Waals surface area contributed by atoms with E-state index in [9.17, 15) is 8.42 Å². The highest BCUT2D eigenvalue weighted by Crippen LogP contribution is 2.18. The van der Waals surface area contributed by atoms with Crippen molar-refractivity contribution < 1.29 is 13.0 Å². The minimum absolute atomic E-state index is 0.0191. The molecular formula is C8H18N2O3S2. The van der Waals surface area contributed by atoms with Crippen LogP contribution in [0, 0.1) is 0 Å². The normalized spacial score (nSPS) is 17.5. The Morgan fingerprint density at radius 2 is 2.07 bits per heavy atom. The molecule has 0 aliphatic carbocycles.